The summed E-state index contributed by atoms with van der Waals surface area (Å²) in [7, 11) is 3.87. The van der Waals surface area contributed by atoms with Crippen molar-refractivity contribution in [2.75, 3.05) is 33.7 Å². The molecule has 0 fully saturated rings. The zero-order chi connectivity index (χ0) is 15.5. The number of nitrogens with zero attached hydrogens (tertiary/aromatic N) is 1. The summed E-state index contributed by atoms with van der Waals surface area (Å²) in [6, 6.07) is 10.1. The van der Waals surface area contributed by atoms with Crippen LogP contribution in [0.2, 0.25) is 0 Å². The van der Waals surface area contributed by atoms with E-state index in [0.717, 1.165) is 19.4 Å². The number of benzene rings is 1. The first-order valence-electron chi connectivity index (χ1n) is 7.30. The molecule has 0 saturated carbocycles. The van der Waals surface area contributed by atoms with E-state index in [4.69, 9.17) is 0 Å². The minimum Gasteiger partial charge on any atom is -0.356 e. The first-order valence-corrected chi connectivity index (χ1v) is 7.30. The van der Waals surface area contributed by atoms with Gasteiger partial charge in [0.15, 0.2) is 0 Å². The van der Waals surface area contributed by atoms with Crippen molar-refractivity contribution in [2.45, 2.75) is 19.3 Å². The van der Waals surface area contributed by atoms with E-state index in [1.54, 1.807) is 0 Å². The summed E-state index contributed by atoms with van der Waals surface area (Å²) in [6.07, 6.45) is 1.70. The molecule has 0 aromatic heterocycles. The monoisotopic (exact) mass is 291 g/mol. The SMILES string of the molecule is CN(C)CCNC(=O)CC(=O)NCCCc1ccccc1. The van der Waals surface area contributed by atoms with Crippen molar-refractivity contribution in [3.05, 3.63) is 35.9 Å². The number of carbonyl (C=O) groups is 2. The summed E-state index contributed by atoms with van der Waals surface area (Å²) in [5.41, 5.74) is 1.26. The van der Waals surface area contributed by atoms with Crippen molar-refractivity contribution in [1.82, 2.24) is 15.5 Å². The topological polar surface area (TPSA) is 61.4 Å². The molecule has 0 aliphatic carbocycles. The number of nitrogens with one attached hydrogen (secondary N) is 2. The number of hydrogen-bond donors (Lipinski definition) is 2. The summed E-state index contributed by atoms with van der Waals surface area (Å²) in [5, 5.41) is 5.49. The van der Waals surface area contributed by atoms with Crippen molar-refractivity contribution in [3.63, 3.8) is 0 Å². The Balaban J connectivity index is 2.07. The predicted molar refractivity (Wildman–Crippen MR) is 84.0 cm³/mol. The Bertz CT molecular complexity index is 432. The summed E-state index contributed by atoms with van der Waals surface area (Å²) in [6.45, 7) is 1.93. The highest BCUT2D eigenvalue weighted by atomic mass is 16.2. The molecule has 0 aliphatic heterocycles. The Kier molecular flexibility index (Phi) is 8.12. The second kappa shape index (κ2) is 9.94. The van der Waals surface area contributed by atoms with Crippen LogP contribution in [0.1, 0.15) is 18.4 Å². The smallest absolute Gasteiger partial charge is 0.229 e. The van der Waals surface area contributed by atoms with Crippen molar-refractivity contribution in [2.24, 2.45) is 0 Å². The zero-order valence-corrected chi connectivity index (χ0v) is 12.9. The molecule has 21 heavy (non-hydrogen) atoms. The van der Waals surface area contributed by atoms with Crippen LogP contribution in [-0.4, -0.2) is 50.4 Å². The molecule has 1 aromatic rings. The van der Waals surface area contributed by atoms with Gasteiger partial charge >= 0.3 is 0 Å². The van der Waals surface area contributed by atoms with E-state index < -0.39 is 0 Å². The van der Waals surface area contributed by atoms with Crippen LogP contribution in [0.25, 0.3) is 0 Å². The fourth-order valence-electron chi connectivity index (χ4n) is 1.85. The van der Waals surface area contributed by atoms with Crippen LogP contribution >= 0.6 is 0 Å². The number of rotatable bonds is 9. The molecule has 2 N–H and O–H groups in total. The Morgan fingerprint density at radius 3 is 2.24 bits per heavy atom. The molecule has 0 spiro atoms. The lowest BCUT2D eigenvalue weighted by atomic mass is 10.1. The summed E-state index contributed by atoms with van der Waals surface area (Å²) in [4.78, 5) is 25.1. The molecule has 5 nitrogen and oxygen atoms in total. The van der Waals surface area contributed by atoms with Crippen LogP contribution in [0.15, 0.2) is 30.3 Å². The van der Waals surface area contributed by atoms with Crippen LogP contribution in [0.5, 0.6) is 0 Å². The minimum absolute atomic E-state index is 0.0984. The van der Waals surface area contributed by atoms with E-state index in [2.05, 4.69) is 22.8 Å². The van der Waals surface area contributed by atoms with E-state index >= 15 is 0 Å². The van der Waals surface area contributed by atoms with Crippen molar-refractivity contribution < 1.29 is 9.59 Å². The number of amides is 2. The second-order valence-electron chi connectivity index (χ2n) is 5.27. The normalized spacial score (nSPS) is 10.4. The number of carbonyl (C=O) groups excluding carboxylic acids is 2. The fraction of sp³-hybridized carbons (Fsp3) is 0.500. The van der Waals surface area contributed by atoms with Gasteiger partial charge in [0.25, 0.3) is 0 Å². The Hall–Kier alpha value is -1.88. The quantitative estimate of drug-likeness (QED) is 0.523. The first kappa shape index (κ1) is 17.2. The van der Waals surface area contributed by atoms with Crippen molar-refractivity contribution in [3.8, 4) is 0 Å². The summed E-state index contributed by atoms with van der Waals surface area (Å²) in [5.74, 6) is -0.442. The molecule has 2 amide bonds. The van der Waals surface area contributed by atoms with Crippen LogP contribution in [0, 0.1) is 0 Å². The van der Waals surface area contributed by atoms with E-state index in [1.807, 2.05) is 37.2 Å². The third kappa shape index (κ3) is 8.81. The lowest BCUT2D eigenvalue weighted by Crippen LogP contribution is -2.35. The molecule has 0 atom stereocenters. The third-order valence-corrected chi connectivity index (χ3v) is 3.01. The van der Waals surface area contributed by atoms with Gasteiger partial charge in [-0.25, -0.2) is 0 Å². The van der Waals surface area contributed by atoms with Gasteiger partial charge in [-0.1, -0.05) is 30.3 Å². The minimum atomic E-state index is -0.225. The van der Waals surface area contributed by atoms with E-state index in [-0.39, 0.29) is 18.2 Å². The average Bonchev–Trinajstić information content (AvgIpc) is 2.44. The van der Waals surface area contributed by atoms with Crippen LogP contribution < -0.4 is 10.6 Å². The van der Waals surface area contributed by atoms with Gasteiger partial charge in [-0.2, -0.15) is 0 Å². The highest BCUT2D eigenvalue weighted by Crippen LogP contribution is 2.01. The zero-order valence-electron chi connectivity index (χ0n) is 12.9. The Labute approximate surface area is 126 Å². The first-order chi connectivity index (χ1) is 10.1. The maximum absolute atomic E-state index is 11.6. The van der Waals surface area contributed by atoms with Gasteiger partial charge in [0, 0.05) is 19.6 Å². The third-order valence-electron chi connectivity index (χ3n) is 3.01. The van der Waals surface area contributed by atoms with Gasteiger partial charge < -0.3 is 15.5 Å². The number of hydrogen-bond acceptors (Lipinski definition) is 3. The van der Waals surface area contributed by atoms with Crippen molar-refractivity contribution >= 4 is 11.8 Å². The molecule has 5 heteroatoms. The average molecular weight is 291 g/mol. The van der Waals surface area contributed by atoms with Crippen LogP contribution in [0.4, 0.5) is 0 Å². The maximum Gasteiger partial charge on any atom is 0.229 e. The van der Waals surface area contributed by atoms with Gasteiger partial charge in [0.05, 0.1) is 0 Å². The highest BCUT2D eigenvalue weighted by molar-refractivity contribution is 5.96. The highest BCUT2D eigenvalue weighted by Gasteiger charge is 2.08. The van der Waals surface area contributed by atoms with Crippen LogP contribution in [-0.2, 0) is 16.0 Å². The molecule has 1 rings (SSSR count). The number of likely N-dealkylation sites (N-methyl/N-ethyl adjacent to an activating group) is 1. The molecule has 0 unspecified atom stereocenters. The summed E-state index contributed by atoms with van der Waals surface area (Å²) < 4.78 is 0. The molecular weight excluding hydrogens is 266 g/mol. The second-order valence-corrected chi connectivity index (χ2v) is 5.27. The molecule has 116 valence electrons. The lowest BCUT2D eigenvalue weighted by molar-refractivity contribution is -0.129. The lowest BCUT2D eigenvalue weighted by Gasteiger charge is -2.10. The van der Waals surface area contributed by atoms with Gasteiger partial charge in [-0.05, 0) is 32.5 Å². The molecular formula is C16H25N3O2. The van der Waals surface area contributed by atoms with Crippen molar-refractivity contribution in [1.29, 1.82) is 0 Å². The molecule has 0 heterocycles. The van der Waals surface area contributed by atoms with E-state index in [9.17, 15) is 9.59 Å². The summed E-state index contributed by atoms with van der Waals surface area (Å²) >= 11 is 0. The van der Waals surface area contributed by atoms with Gasteiger partial charge in [-0.15, -0.1) is 0 Å². The van der Waals surface area contributed by atoms with E-state index in [1.165, 1.54) is 5.56 Å². The largest absolute Gasteiger partial charge is 0.356 e. The predicted octanol–water partition coefficient (Wildman–Crippen LogP) is 0.803. The van der Waals surface area contributed by atoms with E-state index in [0.29, 0.717) is 13.1 Å². The van der Waals surface area contributed by atoms with Gasteiger partial charge in [0.1, 0.15) is 6.42 Å². The molecule has 0 bridgehead atoms. The number of aryl methyl sites for hydroxylation is 1. The molecule has 0 aliphatic rings. The van der Waals surface area contributed by atoms with Crippen LogP contribution in [0.3, 0.4) is 0 Å². The van der Waals surface area contributed by atoms with Gasteiger partial charge in [0.2, 0.25) is 11.8 Å². The van der Waals surface area contributed by atoms with Gasteiger partial charge in [-0.3, -0.25) is 9.59 Å². The molecule has 0 radical (unpaired) electrons. The fourth-order valence-corrected chi connectivity index (χ4v) is 1.85. The Morgan fingerprint density at radius 2 is 1.62 bits per heavy atom. The molecule has 1 aromatic carbocycles. The molecule has 0 saturated heterocycles. The standard InChI is InChI=1S/C16H25N3O2/c1-19(2)12-11-18-16(21)13-15(20)17-10-6-9-14-7-4-3-5-8-14/h3-5,7-8H,6,9-13H2,1-2H3,(H,17,20)(H,18,21). The maximum atomic E-state index is 11.6. The Morgan fingerprint density at radius 1 is 1.00 bits per heavy atom.